The summed E-state index contributed by atoms with van der Waals surface area (Å²) in [6.07, 6.45) is -0.632. The van der Waals surface area contributed by atoms with Crippen molar-refractivity contribution in [2.24, 2.45) is 5.73 Å². The van der Waals surface area contributed by atoms with E-state index in [0.29, 0.717) is 30.3 Å². The standard InChI is InChI=1S/C30H29N3O4/c31-19-25-12-7-13-26(18-25)32-29(34)20-33(30(35)37-22-24-10-5-2-6-11-24)27-14-16-28(17-15-27)36-21-23-8-3-1-4-9-23/h1-18H,19-22,31H2,(H,32,34). The van der Waals surface area contributed by atoms with Gasteiger partial charge in [0.25, 0.3) is 0 Å². The van der Waals surface area contributed by atoms with Gasteiger partial charge in [0.05, 0.1) is 0 Å². The summed E-state index contributed by atoms with van der Waals surface area (Å²) >= 11 is 0. The van der Waals surface area contributed by atoms with E-state index in [1.807, 2.05) is 72.8 Å². The summed E-state index contributed by atoms with van der Waals surface area (Å²) in [5.74, 6) is 0.281. The maximum atomic E-state index is 13.1. The maximum Gasteiger partial charge on any atom is 0.415 e. The van der Waals surface area contributed by atoms with Crippen molar-refractivity contribution >= 4 is 23.4 Å². The van der Waals surface area contributed by atoms with Crippen LogP contribution < -0.4 is 20.7 Å². The Hall–Kier alpha value is -4.62. The van der Waals surface area contributed by atoms with Crippen LogP contribution in [0.3, 0.4) is 0 Å². The molecule has 7 nitrogen and oxygen atoms in total. The molecule has 4 aromatic carbocycles. The zero-order chi connectivity index (χ0) is 25.9. The second-order valence-electron chi connectivity index (χ2n) is 8.35. The fourth-order valence-electron chi connectivity index (χ4n) is 3.64. The number of benzene rings is 4. The average molecular weight is 496 g/mol. The van der Waals surface area contributed by atoms with E-state index in [2.05, 4.69) is 5.32 Å². The molecule has 4 rings (SSSR count). The van der Waals surface area contributed by atoms with Crippen molar-refractivity contribution < 1.29 is 19.1 Å². The van der Waals surface area contributed by atoms with Crippen molar-refractivity contribution in [2.45, 2.75) is 19.8 Å². The Morgan fingerprint density at radius 1 is 0.730 bits per heavy atom. The van der Waals surface area contributed by atoms with E-state index in [1.165, 1.54) is 4.90 Å². The van der Waals surface area contributed by atoms with Crippen LogP contribution in [0.5, 0.6) is 5.75 Å². The van der Waals surface area contributed by atoms with E-state index < -0.39 is 6.09 Å². The number of hydrogen-bond donors (Lipinski definition) is 2. The molecule has 0 bridgehead atoms. The van der Waals surface area contributed by atoms with Crippen molar-refractivity contribution in [1.29, 1.82) is 0 Å². The van der Waals surface area contributed by atoms with Crippen LogP contribution in [0.1, 0.15) is 16.7 Å². The molecule has 2 amide bonds. The highest BCUT2D eigenvalue weighted by Gasteiger charge is 2.21. The Morgan fingerprint density at radius 3 is 2.00 bits per heavy atom. The molecular formula is C30H29N3O4. The summed E-state index contributed by atoms with van der Waals surface area (Å²) in [6.45, 7) is 0.646. The first-order valence-electron chi connectivity index (χ1n) is 11.9. The third-order valence-electron chi connectivity index (χ3n) is 5.57. The predicted octanol–water partition coefficient (Wildman–Crippen LogP) is 5.51. The van der Waals surface area contributed by atoms with Gasteiger partial charge in [-0.2, -0.15) is 0 Å². The van der Waals surface area contributed by atoms with Crippen LogP contribution in [-0.4, -0.2) is 18.5 Å². The Morgan fingerprint density at radius 2 is 1.35 bits per heavy atom. The minimum Gasteiger partial charge on any atom is -0.489 e. The molecule has 0 aliphatic rings. The van der Waals surface area contributed by atoms with E-state index in [-0.39, 0.29) is 19.1 Å². The largest absolute Gasteiger partial charge is 0.489 e. The molecule has 0 aliphatic heterocycles. The number of carbonyl (C=O) groups excluding carboxylic acids is 2. The number of carbonyl (C=O) groups is 2. The topological polar surface area (TPSA) is 93.9 Å². The van der Waals surface area contributed by atoms with Crippen LogP contribution in [0, 0.1) is 0 Å². The summed E-state index contributed by atoms with van der Waals surface area (Å²) < 4.78 is 11.4. The third kappa shape index (κ3) is 7.68. The lowest BCUT2D eigenvalue weighted by atomic mass is 10.2. The SMILES string of the molecule is NCc1cccc(NC(=O)CN(C(=O)OCc2ccccc2)c2ccc(OCc3ccccc3)cc2)c1. The van der Waals surface area contributed by atoms with E-state index in [0.717, 1.165) is 16.7 Å². The molecule has 0 aromatic heterocycles. The molecule has 0 spiro atoms. The fourth-order valence-corrected chi connectivity index (χ4v) is 3.64. The highest BCUT2D eigenvalue weighted by atomic mass is 16.6. The molecule has 0 saturated heterocycles. The zero-order valence-corrected chi connectivity index (χ0v) is 20.4. The van der Waals surface area contributed by atoms with Gasteiger partial charge in [-0.15, -0.1) is 0 Å². The Bertz CT molecular complexity index is 1300. The van der Waals surface area contributed by atoms with Crippen LogP contribution in [0.4, 0.5) is 16.2 Å². The number of nitrogens with zero attached hydrogens (tertiary/aromatic N) is 1. The number of rotatable bonds is 10. The Kier molecular flexibility index (Phi) is 8.88. The molecule has 7 heteroatoms. The molecule has 188 valence electrons. The molecule has 0 heterocycles. The van der Waals surface area contributed by atoms with Crippen molar-refractivity contribution in [3.05, 3.63) is 126 Å². The van der Waals surface area contributed by atoms with Gasteiger partial charge in [0.1, 0.15) is 25.5 Å². The molecule has 0 atom stereocenters. The number of amides is 2. The number of anilines is 2. The van der Waals surface area contributed by atoms with Crippen LogP contribution in [0.25, 0.3) is 0 Å². The first kappa shape index (κ1) is 25.5. The van der Waals surface area contributed by atoms with Gasteiger partial charge in [-0.1, -0.05) is 72.8 Å². The summed E-state index contributed by atoms with van der Waals surface area (Å²) in [6, 6.07) is 33.5. The molecule has 0 aliphatic carbocycles. The highest BCUT2D eigenvalue weighted by Crippen LogP contribution is 2.22. The second-order valence-corrected chi connectivity index (χ2v) is 8.35. The van der Waals surface area contributed by atoms with Crippen LogP contribution in [0.15, 0.2) is 109 Å². The Labute approximate surface area is 216 Å². The predicted molar refractivity (Wildman–Crippen MR) is 144 cm³/mol. The number of nitrogens with two attached hydrogens (primary N) is 1. The summed E-state index contributed by atoms with van der Waals surface area (Å²) in [5, 5.41) is 2.83. The Balaban J connectivity index is 1.46. The van der Waals surface area contributed by atoms with Crippen LogP contribution in [0.2, 0.25) is 0 Å². The van der Waals surface area contributed by atoms with Crippen molar-refractivity contribution in [3.63, 3.8) is 0 Å². The smallest absolute Gasteiger partial charge is 0.415 e. The van der Waals surface area contributed by atoms with Gasteiger partial charge in [-0.3, -0.25) is 9.69 Å². The van der Waals surface area contributed by atoms with Crippen LogP contribution in [-0.2, 0) is 29.3 Å². The van der Waals surface area contributed by atoms with Gasteiger partial charge >= 0.3 is 6.09 Å². The monoisotopic (exact) mass is 495 g/mol. The lowest BCUT2D eigenvalue weighted by Crippen LogP contribution is -2.38. The van der Waals surface area contributed by atoms with E-state index in [9.17, 15) is 9.59 Å². The average Bonchev–Trinajstić information content (AvgIpc) is 2.95. The molecule has 0 unspecified atom stereocenters. The lowest BCUT2D eigenvalue weighted by Gasteiger charge is -2.22. The summed E-state index contributed by atoms with van der Waals surface area (Å²) in [7, 11) is 0. The van der Waals surface area contributed by atoms with Gasteiger partial charge in [0.2, 0.25) is 5.91 Å². The molecular weight excluding hydrogens is 466 g/mol. The minimum absolute atomic E-state index is 0.0919. The van der Waals surface area contributed by atoms with E-state index >= 15 is 0 Å². The molecule has 4 aromatic rings. The fraction of sp³-hybridized carbons (Fsp3) is 0.133. The molecule has 3 N–H and O–H groups in total. The van der Waals surface area contributed by atoms with Crippen molar-refractivity contribution in [3.8, 4) is 5.75 Å². The number of hydrogen-bond acceptors (Lipinski definition) is 5. The lowest BCUT2D eigenvalue weighted by molar-refractivity contribution is -0.115. The van der Waals surface area contributed by atoms with Gasteiger partial charge in [-0.25, -0.2) is 4.79 Å². The molecule has 37 heavy (non-hydrogen) atoms. The van der Waals surface area contributed by atoms with Crippen molar-refractivity contribution in [2.75, 3.05) is 16.8 Å². The van der Waals surface area contributed by atoms with E-state index in [1.54, 1.807) is 36.4 Å². The van der Waals surface area contributed by atoms with E-state index in [4.69, 9.17) is 15.2 Å². The summed E-state index contributed by atoms with van der Waals surface area (Å²) in [5.41, 5.74) is 9.61. The number of nitrogens with one attached hydrogen (secondary N) is 1. The maximum absolute atomic E-state index is 13.1. The normalized spacial score (nSPS) is 10.4. The molecule has 0 radical (unpaired) electrons. The van der Waals surface area contributed by atoms with Gasteiger partial charge in [0.15, 0.2) is 0 Å². The van der Waals surface area contributed by atoms with Crippen molar-refractivity contribution in [1.82, 2.24) is 0 Å². The quantitative estimate of drug-likeness (QED) is 0.303. The van der Waals surface area contributed by atoms with Gasteiger partial charge in [0, 0.05) is 17.9 Å². The first-order chi connectivity index (χ1) is 18.1. The third-order valence-corrected chi connectivity index (χ3v) is 5.57. The molecule has 0 fully saturated rings. The zero-order valence-electron chi connectivity index (χ0n) is 20.4. The van der Waals surface area contributed by atoms with Gasteiger partial charge in [-0.05, 0) is 53.1 Å². The molecule has 0 saturated carbocycles. The second kappa shape index (κ2) is 12.9. The first-order valence-corrected chi connectivity index (χ1v) is 11.9. The highest BCUT2D eigenvalue weighted by molar-refractivity contribution is 6.00. The summed E-state index contributed by atoms with van der Waals surface area (Å²) in [4.78, 5) is 27.3. The minimum atomic E-state index is -0.632. The number of ether oxygens (including phenoxy) is 2. The van der Waals surface area contributed by atoms with Gasteiger partial charge < -0.3 is 20.5 Å². The van der Waals surface area contributed by atoms with Crippen LogP contribution >= 0.6 is 0 Å².